The van der Waals surface area contributed by atoms with Gasteiger partial charge in [-0.05, 0) is 40.7 Å². The molecular formula is C18H23FN2. The molecule has 21 heavy (non-hydrogen) atoms. The van der Waals surface area contributed by atoms with Crippen molar-refractivity contribution < 1.29 is 4.39 Å². The van der Waals surface area contributed by atoms with Crippen LogP contribution in [0.4, 0.5) is 4.39 Å². The smallest absolute Gasteiger partial charge is 0.126 e. The minimum Gasteiger partial charge on any atom is -0.271 e. The summed E-state index contributed by atoms with van der Waals surface area (Å²) in [5, 5.41) is 0. The van der Waals surface area contributed by atoms with Crippen LogP contribution >= 0.6 is 0 Å². The third-order valence-corrected chi connectivity index (χ3v) is 3.81. The normalized spacial score (nSPS) is 13.2. The second-order valence-electron chi connectivity index (χ2n) is 6.48. The van der Waals surface area contributed by atoms with Gasteiger partial charge in [-0.3, -0.25) is 5.84 Å². The fraction of sp³-hybridized carbons (Fsp3) is 0.333. The van der Waals surface area contributed by atoms with Gasteiger partial charge in [-0.2, -0.15) is 0 Å². The van der Waals surface area contributed by atoms with Gasteiger partial charge < -0.3 is 0 Å². The third-order valence-electron chi connectivity index (χ3n) is 3.81. The van der Waals surface area contributed by atoms with Gasteiger partial charge in [-0.25, -0.2) is 9.82 Å². The van der Waals surface area contributed by atoms with Crippen LogP contribution in [0.1, 0.15) is 49.1 Å². The molecule has 2 nitrogen and oxygen atoms in total. The zero-order valence-corrected chi connectivity index (χ0v) is 13.1. The number of hydrogen-bond donors (Lipinski definition) is 2. The van der Waals surface area contributed by atoms with Crippen LogP contribution in [0.5, 0.6) is 0 Å². The molecule has 0 aliphatic carbocycles. The van der Waals surface area contributed by atoms with E-state index in [2.05, 4.69) is 38.3 Å². The lowest BCUT2D eigenvalue weighted by Gasteiger charge is -2.22. The molecule has 0 aliphatic rings. The summed E-state index contributed by atoms with van der Waals surface area (Å²) in [5.74, 6) is 5.47. The van der Waals surface area contributed by atoms with Crippen LogP contribution in [0.2, 0.25) is 0 Å². The lowest BCUT2D eigenvalue weighted by atomic mass is 9.86. The second kappa shape index (κ2) is 5.96. The zero-order chi connectivity index (χ0) is 15.6. The maximum Gasteiger partial charge on any atom is 0.126 e. The third kappa shape index (κ3) is 3.49. The van der Waals surface area contributed by atoms with Crippen LogP contribution in [-0.2, 0) is 5.41 Å². The van der Waals surface area contributed by atoms with E-state index in [0.717, 1.165) is 11.1 Å². The van der Waals surface area contributed by atoms with Gasteiger partial charge in [0.25, 0.3) is 0 Å². The number of aryl methyl sites for hydroxylation is 1. The molecule has 1 atom stereocenters. The van der Waals surface area contributed by atoms with Crippen molar-refractivity contribution in [2.24, 2.45) is 5.84 Å². The number of hydrogen-bond acceptors (Lipinski definition) is 2. The molecule has 2 rings (SSSR count). The topological polar surface area (TPSA) is 38.0 Å². The first kappa shape index (κ1) is 15.7. The molecule has 0 aliphatic heterocycles. The van der Waals surface area contributed by atoms with Crippen molar-refractivity contribution in [1.82, 2.24) is 5.43 Å². The van der Waals surface area contributed by atoms with E-state index in [-0.39, 0.29) is 17.3 Å². The maximum atomic E-state index is 13.7. The zero-order valence-electron chi connectivity index (χ0n) is 13.1. The molecule has 0 bridgehead atoms. The highest BCUT2D eigenvalue weighted by molar-refractivity contribution is 5.36. The average molecular weight is 286 g/mol. The molecule has 0 aromatic heterocycles. The molecule has 0 radical (unpaired) electrons. The van der Waals surface area contributed by atoms with Gasteiger partial charge in [0.1, 0.15) is 5.82 Å². The lowest BCUT2D eigenvalue weighted by molar-refractivity contribution is 0.586. The van der Waals surface area contributed by atoms with E-state index in [1.807, 2.05) is 18.2 Å². The van der Waals surface area contributed by atoms with E-state index in [4.69, 9.17) is 5.84 Å². The van der Waals surface area contributed by atoms with Crippen LogP contribution in [-0.4, -0.2) is 0 Å². The number of hydrazine groups is 1. The van der Waals surface area contributed by atoms with Crippen molar-refractivity contribution in [1.29, 1.82) is 0 Å². The van der Waals surface area contributed by atoms with Crippen molar-refractivity contribution in [3.05, 3.63) is 70.5 Å². The van der Waals surface area contributed by atoms with Gasteiger partial charge in [0.05, 0.1) is 6.04 Å². The number of rotatable bonds is 3. The van der Waals surface area contributed by atoms with Crippen LogP contribution in [0.15, 0.2) is 42.5 Å². The summed E-state index contributed by atoms with van der Waals surface area (Å²) < 4.78 is 13.7. The Bertz CT molecular complexity index is 612. The van der Waals surface area contributed by atoms with E-state index >= 15 is 0 Å². The molecule has 2 aromatic rings. The lowest BCUT2D eigenvalue weighted by Crippen LogP contribution is -2.29. The summed E-state index contributed by atoms with van der Waals surface area (Å²) in [6, 6.07) is 13.3. The number of benzene rings is 2. The van der Waals surface area contributed by atoms with E-state index in [9.17, 15) is 4.39 Å². The van der Waals surface area contributed by atoms with Crippen molar-refractivity contribution in [3.8, 4) is 0 Å². The van der Waals surface area contributed by atoms with Crippen molar-refractivity contribution >= 4 is 0 Å². The predicted molar refractivity (Wildman–Crippen MR) is 85.4 cm³/mol. The highest BCUT2D eigenvalue weighted by Gasteiger charge is 2.17. The van der Waals surface area contributed by atoms with Crippen LogP contribution < -0.4 is 11.3 Å². The van der Waals surface area contributed by atoms with Gasteiger partial charge in [0.15, 0.2) is 0 Å². The van der Waals surface area contributed by atoms with Crippen LogP contribution in [0.3, 0.4) is 0 Å². The van der Waals surface area contributed by atoms with E-state index < -0.39 is 0 Å². The Morgan fingerprint density at radius 3 is 2.05 bits per heavy atom. The van der Waals surface area contributed by atoms with Gasteiger partial charge in [0.2, 0.25) is 0 Å². The first-order valence-corrected chi connectivity index (χ1v) is 7.15. The average Bonchev–Trinajstić information content (AvgIpc) is 2.43. The Balaban J connectivity index is 2.35. The standard InChI is InChI=1S/C18H23FN2/c1-12-5-6-14(11-16(12)19)17(21-20)13-7-9-15(10-8-13)18(2,3)4/h5-11,17,21H,20H2,1-4H3. The minimum atomic E-state index is -0.214. The Labute approximate surface area is 126 Å². The molecule has 3 heteroatoms. The summed E-state index contributed by atoms with van der Waals surface area (Å²) in [6.07, 6.45) is 0. The van der Waals surface area contributed by atoms with E-state index in [1.165, 1.54) is 11.6 Å². The Kier molecular flexibility index (Phi) is 4.45. The maximum absolute atomic E-state index is 13.7. The predicted octanol–water partition coefficient (Wildman–Crippen LogP) is 3.98. The number of halogens is 1. The van der Waals surface area contributed by atoms with Crippen molar-refractivity contribution in [2.45, 2.75) is 39.2 Å². The first-order chi connectivity index (χ1) is 9.82. The summed E-state index contributed by atoms with van der Waals surface area (Å²) in [5.41, 5.74) is 6.63. The summed E-state index contributed by atoms with van der Waals surface area (Å²) >= 11 is 0. The molecule has 3 N–H and O–H groups in total. The van der Waals surface area contributed by atoms with Gasteiger partial charge in [0, 0.05) is 0 Å². The van der Waals surface area contributed by atoms with Crippen molar-refractivity contribution in [2.75, 3.05) is 0 Å². The second-order valence-corrected chi connectivity index (χ2v) is 6.48. The quantitative estimate of drug-likeness (QED) is 0.661. The molecule has 112 valence electrons. The highest BCUT2D eigenvalue weighted by atomic mass is 19.1. The highest BCUT2D eigenvalue weighted by Crippen LogP contribution is 2.27. The fourth-order valence-corrected chi connectivity index (χ4v) is 2.35. The largest absolute Gasteiger partial charge is 0.271 e. The Morgan fingerprint density at radius 2 is 1.57 bits per heavy atom. The van der Waals surface area contributed by atoms with Crippen LogP contribution in [0.25, 0.3) is 0 Å². The van der Waals surface area contributed by atoms with E-state index in [1.54, 1.807) is 13.0 Å². The van der Waals surface area contributed by atoms with Crippen molar-refractivity contribution in [3.63, 3.8) is 0 Å². The Morgan fingerprint density at radius 1 is 1.00 bits per heavy atom. The number of nitrogens with one attached hydrogen (secondary N) is 1. The molecule has 0 heterocycles. The first-order valence-electron chi connectivity index (χ1n) is 7.15. The molecule has 0 saturated heterocycles. The SMILES string of the molecule is Cc1ccc(C(NN)c2ccc(C(C)(C)C)cc2)cc1F. The molecule has 0 amide bonds. The summed E-state index contributed by atoms with van der Waals surface area (Å²) in [7, 11) is 0. The monoisotopic (exact) mass is 286 g/mol. The summed E-state index contributed by atoms with van der Waals surface area (Å²) in [4.78, 5) is 0. The molecule has 2 aromatic carbocycles. The van der Waals surface area contributed by atoms with Gasteiger partial charge >= 0.3 is 0 Å². The molecule has 0 fully saturated rings. The summed E-state index contributed by atoms with van der Waals surface area (Å²) in [6.45, 7) is 8.28. The molecular weight excluding hydrogens is 263 g/mol. The minimum absolute atomic E-state index is 0.111. The molecule has 1 unspecified atom stereocenters. The number of nitrogens with two attached hydrogens (primary N) is 1. The Hall–Kier alpha value is -1.71. The fourth-order valence-electron chi connectivity index (χ4n) is 2.35. The van der Waals surface area contributed by atoms with Crippen LogP contribution in [0, 0.1) is 12.7 Å². The van der Waals surface area contributed by atoms with Gasteiger partial charge in [-0.15, -0.1) is 0 Å². The van der Waals surface area contributed by atoms with E-state index in [0.29, 0.717) is 5.56 Å². The van der Waals surface area contributed by atoms with Gasteiger partial charge in [-0.1, -0.05) is 57.2 Å². The molecule has 0 spiro atoms. The molecule has 0 saturated carbocycles.